The Balaban J connectivity index is 1.65. The van der Waals surface area contributed by atoms with Gasteiger partial charge in [0.1, 0.15) is 54.9 Å². The molecule has 0 saturated carbocycles. The Morgan fingerprint density at radius 2 is 0.844 bits per heavy atom. The second kappa shape index (κ2) is 50.0. The molecule has 0 aromatic rings. The summed E-state index contributed by atoms with van der Waals surface area (Å²) in [7, 11) is 0. The molecule has 7 N–H and O–H groups in total. The van der Waals surface area contributed by atoms with Crippen LogP contribution in [-0.2, 0) is 33.2 Å². The van der Waals surface area contributed by atoms with Gasteiger partial charge in [-0.2, -0.15) is 0 Å². The third-order valence-electron chi connectivity index (χ3n) is 15.2. The summed E-state index contributed by atoms with van der Waals surface area (Å²) >= 11 is 0. The molecular formula is C63H116O14. The average molecular weight is 1100 g/mol. The van der Waals surface area contributed by atoms with E-state index >= 15 is 0 Å². The maximum atomic E-state index is 13.1. The molecule has 2 saturated heterocycles. The van der Waals surface area contributed by atoms with Crippen molar-refractivity contribution >= 4 is 5.97 Å². The van der Waals surface area contributed by atoms with Gasteiger partial charge in [0, 0.05) is 13.0 Å². The molecule has 2 aliphatic rings. The van der Waals surface area contributed by atoms with Crippen LogP contribution in [0.3, 0.4) is 0 Å². The number of carbonyl (C=O) groups excluding carboxylic acids is 1. The molecule has 0 spiro atoms. The van der Waals surface area contributed by atoms with E-state index in [0.29, 0.717) is 13.0 Å². The van der Waals surface area contributed by atoms with E-state index in [9.17, 15) is 40.5 Å². The molecule has 452 valence electrons. The van der Waals surface area contributed by atoms with E-state index in [1.165, 1.54) is 167 Å². The normalized spacial score (nSPS) is 24.5. The highest BCUT2D eigenvalue weighted by atomic mass is 16.7. The van der Waals surface area contributed by atoms with Gasteiger partial charge in [-0.25, -0.2) is 0 Å². The van der Waals surface area contributed by atoms with E-state index in [1.54, 1.807) is 0 Å². The Morgan fingerprint density at radius 3 is 1.32 bits per heavy atom. The van der Waals surface area contributed by atoms with Crippen LogP contribution in [0, 0.1) is 0 Å². The maximum Gasteiger partial charge on any atom is 0.306 e. The number of aliphatic hydroxyl groups excluding tert-OH is 7. The molecule has 11 atom stereocenters. The van der Waals surface area contributed by atoms with Crippen LogP contribution in [0.2, 0.25) is 0 Å². The van der Waals surface area contributed by atoms with Gasteiger partial charge in [-0.1, -0.05) is 243 Å². The smallest absolute Gasteiger partial charge is 0.306 e. The zero-order chi connectivity index (χ0) is 55.8. The van der Waals surface area contributed by atoms with Gasteiger partial charge >= 0.3 is 5.97 Å². The number of unbranched alkanes of at least 4 members (excludes halogenated alkanes) is 32. The summed E-state index contributed by atoms with van der Waals surface area (Å²) in [6, 6.07) is 0. The van der Waals surface area contributed by atoms with Crippen LogP contribution in [-0.4, -0.2) is 142 Å². The standard InChI is InChI=1S/C63H116O14/c1-3-5-7-9-11-13-15-17-19-21-22-23-24-25-26-27-28-29-31-33-35-37-39-41-43-45-47-72-49-52(75-55(65)46-44-42-40-38-36-34-32-30-20-18-16-14-12-10-8-6-4-2)50-73-62-61(71)59(69)57(67)54(77-62)51-74-63-60(70)58(68)56(66)53(48-64)76-63/h6,8,12,14,18,20,52-54,56-64,66-71H,3-5,7,9-11,13,15-17,19,21-51H2,1-2H3/b8-6-,14-12-,20-18-. The Labute approximate surface area is 468 Å². The van der Waals surface area contributed by atoms with Gasteiger partial charge in [-0.05, 0) is 44.9 Å². The summed E-state index contributed by atoms with van der Waals surface area (Å²) in [5, 5.41) is 72.4. The second-order valence-electron chi connectivity index (χ2n) is 22.2. The molecule has 14 heteroatoms. The number of ether oxygens (including phenoxy) is 6. The van der Waals surface area contributed by atoms with Gasteiger partial charge in [0.05, 0.1) is 26.4 Å². The summed E-state index contributed by atoms with van der Waals surface area (Å²) in [5.74, 6) is -0.382. The van der Waals surface area contributed by atoms with Crippen LogP contribution in [0.1, 0.15) is 258 Å². The first kappa shape index (κ1) is 71.3. The van der Waals surface area contributed by atoms with Crippen molar-refractivity contribution < 1.29 is 69.0 Å². The van der Waals surface area contributed by atoms with Crippen LogP contribution >= 0.6 is 0 Å². The van der Waals surface area contributed by atoms with Crippen molar-refractivity contribution in [3.63, 3.8) is 0 Å². The topological polar surface area (TPSA) is 214 Å². The predicted octanol–water partition coefficient (Wildman–Crippen LogP) is 12.1. The van der Waals surface area contributed by atoms with Crippen molar-refractivity contribution in [3.05, 3.63) is 36.5 Å². The molecule has 0 amide bonds. The van der Waals surface area contributed by atoms with E-state index in [2.05, 4.69) is 50.3 Å². The molecule has 2 rings (SSSR count). The lowest BCUT2D eigenvalue weighted by Gasteiger charge is -2.42. The average Bonchev–Trinajstić information content (AvgIpc) is 3.43. The maximum absolute atomic E-state index is 13.1. The lowest BCUT2D eigenvalue weighted by Crippen LogP contribution is -2.61. The molecule has 11 unspecified atom stereocenters. The highest BCUT2D eigenvalue weighted by Crippen LogP contribution is 2.27. The van der Waals surface area contributed by atoms with Crippen molar-refractivity contribution in [2.45, 2.75) is 325 Å². The molecule has 2 aliphatic heterocycles. The van der Waals surface area contributed by atoms with Gasteiger partial charge in [-0.15, -0.1) is 0 Å². The quantitative estimate of drug-likeness (QED) is 0.0172. The molecule has 0 aliphatic carbocycles. The number of carbonyl (C=O) groups is 1. The van der Waals surface area contributed by atoms with Gasteiger partial charge in [0.15, 0.2) is 12.6 Å². The Bertz CT molecular complexity index is 1410. The lowest BCUT2D eigenvalue weighted by atomic mass is 9.98. The highest BCUT2D eigenvalue weighted by molar-refractivity contribution is 5.69. The Kier molecular flexibility index (Phi) is 46.3. The summed E-state index contributed by atoms with van der Waals surface area (Å²) in [4.78, 5) is 13.1. The first-order valence-corrected chi connectivity index (χ1v) is 31.6. The van der Waals surface area contributed by atoms with Gasteiger partial charge in [-0.3, -0.25) is 4.79 Å². The minimum absolute atomic E-state index is 0.0609. The minimum atomic E-state index is -1.71. The van der Waals surface area contributed by atoms with Gasteiger partial charge in [0.2, 0.25) is 0 Å². The first-order valence-electron chi connectivity index (χ1n) is 31.6. The van der Waals surface area contributed by atoms with Crippen LogP contribution in [0.4, 0.5) is 0 Å². The van der Waals surface area contributed by atoms with Crippen LogP contribution in [0.15, 0.2) is 36.5 Å². The molecule has 0 radical (unpaired) electrons. The SMILES string of the molecule is CC/C=C\C/C=C\C/C=C\CCCCCCCCCC(=O)OC(COCCCCCCCCCCCCCCCCCCCCCCCCCCCC)COC1OC(COC2OC(CO)C(O)C(O)C2O)C(O)C(O)C1O. The summed E-state index contributed by atoms with van der Waals surface area (Å²) in [5.41, 5.74) is 0. The molecule has 2 heterocycles. The van der Waals surface area contributed by atoms with E-state index in [-0.39, 0.29) is 25.6 Å². The molecular weight excluding hydrogens is 981 g/mol. The summed E-state index contributed by atoms with van der Waals surface area (Å²) in [6.45, 7) is 3.62. The lowest BCUT2D eigenvalue weighted by molar-refractivity contribution is -0.332. The fourth-order valence-electron chi connectivity index (χ4n) is 10.1. The molecule has 77 heavy (non-hydrogen) atoms. The third kappa shape index (κ3) is 36.3. The molecule has 14 nitrogen and oxygen atoms in total. The highest BCUT2D eigenvalue weighted by Gasteiger charge is 2.47. The van der Waals surface area contributed by atoms with E-state index in [1.807, 2.05) is 0 Å². The minimum Gasteiger partial charge on any atom is -0.457 e. The van der Waals surface area contributed by atoms with Crippen LogP contribution < -0.4 is 0 Å². The van der Waals surface area contributed by atoms with Gasteiger partial charge < -0.3 is 64.2 Å². The monoisotopic (exact) mass is 1100 g/mol. The number of rotatable bonds is 52. The molecule has 0 aromatic heterocycles. The van der Waals surface area contributed by atoms with E-state index < -0.39 is 80.7 Å². The summed E-state index contributed by atoms with van der Waals surface area (Å²) < 4.78 is 34.5. The van der Waals surface area contributed by atoms with Crippen molar-refractivity contribution in [2.75, 3.05) is 33.0 Å². The van der Waals surface area contributed by atoms with Crippen LogP contribution in [0.25, 0.3) is 0 Å². The molecule has 0 aromatic carbocycles. The van der Waals surface area contributed by atoms with Crippen molar-refractivity contribution in [3.8, 4) is 0 Å². The predicted molar refractivity (Wildman–Crippen MR) is 307 cm³/mol. The number of allylic oxidation sites excluding steroid dienone is 6. The summed E-state index contributed by atoms with van der Waals surface area (Å²) in [6.07, 6.45) is 43.6. The van der Waals surface area contributed by atoms with Crippen molar-refractivity contribution in [2.24, 2.45) is 0 Å². The van der Waals surface area contributed by atoms with Crippen molar-refractivity contribution in [1.29, 1.82) is 0 Å². The fourth-order valence-corrected chi connectivity index (χ4v) is 10.1. The Hall–Kier alpha value is -1.79. The fraction of sp³-hybridized carbons (Fsp3) is 0.889. The zero-order valence-corrected chi connectivity index (χ0v) is 48.7. The zero-order valence-electron chi connectivity index (χ0n) is 48.7. The molecule has 2 fully saturated rings. The molecule has 0 bridgehead atoms. The third-order valence-corrected chi connectivity index (χ3v) is 15.2. The largest absolute Gasteiger partial charge is 0.457 e. The van der Waals surface area contributed by atoms with E-state index in [4.69, 9.17) is 28.4 Å². The number of esters is 1. The Morgan fingerprint density at radius 1 is 0.442 bits per heavy atom. The van der Waals surface area contributed by atoms with E-state index in [0.717, 1.165) is 64.2 Å². The van der Waals surface area contributed by atoms with Gasteiger partial charge in [0.25, 0.3) is 0 Å². The van der Waals surface area contributed by atoms with Crippen LogP contribution in [0.5, 0.6) is 0 Å². The number of aliphatic hydroxyl groups is 7. The second-order valence-corrected chi connectivity index (χ2v) is 22.2. The number of hydrogen-bond acceptors (Lipinski definition) is 14. The first-order chi connectivity index (χ1) is 37.6. The number of hydrogen-bond donors (Lipinski definition) is 7. The van der Waals surface area contributed by atoms with Crippen molar-refractivity contribution in [1.82, 2.24) is 0 Å².